The smallest absolute Gasteiger partial charge is 0.227 e. The van der Waals surface area contributed by atoms with E-state index in [9.17, 15) is 4.79 Å². The molecule has 2 fully saturated rings. The van der Waals surface area contributed by atoms with Crippen molar-refractivity contribution in [2.45, 2.75) is 31.7 Å². The topological polar surface area (TPSA) is 36.4 Å². The Bertz CT molecular complexity index is 961. The SMILES string of the molecule is O=C(Cc1sc(-c2ccccc2)nc1-c1cccs1)N1CCC(N2CCCC2)C1. The van der Waals surface area contributed by atoms with Crippen LogP contribution in [-0.4, -0.2) is 52.9 Å². The highest BCUT2D eigenvalue weighted by Gasteiger charge is 2.32. The number of carbonyl (C=O) groups excluding carboxylic acids is 1. The van der Waals surface area contributed by atoms with Crippen LogP contribution in [0.1, 0.15) is 24.1 Å². The van der Waals surface area contributed by atoms with E-state index in [0.29, 0.717) is 12.5 Å². The Balaban J connectivity index is 1.36. The molecule has 2 aromatic heterocycles. The van der Waals surface area contributed by atoms with Gasteiger partial charge in [0.25, 0.3) is 0 Å². The van der Waals surface area contributed by atoms with Gasteiger partial charge in [0.2, 0.25) is 5.91 Å². The van der Waals surface area contributed by atoms with Gasteiger partial charge in [-0.3, -0.25) is 9.69 Å². The number of aromatic nitrogens is 1. The Morgan fingerprint density at radius 2 is 1.90 bits per heavy atom. The molecule has 0 radical (unpaired) electrons. The summed E-state index contributed by atoms with van der Waals surface area (Å²) in [6, 6.07) is 15.0. The standard InChI is InChI=1S/C23H25N3OS2/c27-21(26-13-10-18(16-26)25-11-4-5-12-25)15-20-22(19-9-6-14-28-19)24-23(29-20)17-7-2-1-3-8-17/h1-3,6-9,14,18H,4-5,10-13,15-16H2. The number of thiazole rings is 1. The van der Waals surface area contributed by atoms with Gasteiger partial charge in [-0.25, -0.2) is 4.98 Å². The highest BCUT2D eigenvalue weighted by Crippen LogP contribution is 2.36. The lowest BCUT2D eigenvalue weighted by Crippen LogP contribution is -2.37. The van der Waals surface area contributed by atoms with Crippen LogP contribution < -0.4 is 0 Å². The van der Waals surface area contributed by atoms with Gasteiger partial charge in [0.1, 0.15) is 5.01 Å². The van der Waals surface area contributed by atoms with E-state index < -0.39 is 0 Å². The van der Waals surface area contributed by atoms with Crippen LogP contribution in [0.15, 0.2) is 47.8 Å². The summed E-state index contributed by atoms with van der Waals surface area (Å²) >= 11 is 3.35. The predicted octanol–water partition coefficient (Wildman–Crippen LogP) is 4.78. The molecule has 1 unspecified atom stereocenters. The molecule has 1 amide bonds. The van der Waals surface area contributed by atoms with Crippen molar-refractivity contribution in [3.05, 3.63) is 52.7 Å². The summed E-state index contributed by atoms with van der Waals surface area (Å²) in [5.74, 6) is 0.243. The molecule has 6 heteroatoms. The Labute approximate surface area is 179 Å². The fourth-order valence-corrected chi connectivity index (χ4v) is 6.28. The summed E-state index contributed by atoms with van der Waals surface area (Å²) < 4.78 is 0. The van der Waals surface area contributed by atoms with Crippen LogP contribution in [0.4, 0.5) is 0 Å². The second kappa shape index (κ2) is 8.38. The van der Waals surface area contributed by atoms with Gasteiger partial charge in [-0.15, -0.1) is 22.7 Å². The van der Waals surface area contributed by atoms with E-state index in [1.54, 1.807) is 22.7 Å². The minimum atomic E-state index is 0.243. The van der Waals surface area contributed by atoms with E-state index >= 15 is 0 Å². The van der Waals surface area contributed by atoms with Gasteiger partial charge in [-0.1, -0.05) is 36.4 Å². The number of thiophene rings is 1. The van der Waals surface area contributed by atoms with Crippen LogP contribution in [0.25, 0.3) is 21.1 Å². The Hall–Kier alpha value is -2.02. The molecule has 0 saturated carbocycles. The number of nitrogens with zero attached hydrogens (tertiary/aromatic N) is 3. The zero-order valence-electron chi connectivity index (χ0n) is 16.4. The van der Waals surface area contributed by atoms with Crippen LogP contribution in [0.5, 0.6) is 0 Å². The van der Waals surface area contributed by atoms with Crippen molar-refractivity contribution in [2.24, 2.45) is 0 Å². The number of amides is 1. The molecule has 0 bridgehead atoms. The molecule has 0 spiro atoms. The van der Waals surface area contributed by atoms with Crippen molar-refractivity contribution in [3.63, 3.8) is 0 Å². The molecular formula is C23H25N3OS2. The number of carbonyl (C=O) groups is 1. The minimum absolute atomic E-state index is 0.243. The molecule has 2 aliphatic rings. The van der Waals surface area contributed by atoms with Gasteiger partial charge >= 0.3 is 0 Å². The van der Waals surface area contributed by atoms with Crippen LogP contribution in [0.3, 0.4) is 0 Å². The number of benzene rings is 1. The van der Waals surface area contributed by atoms with E-state index in [0.717, 1.165) is 45.5 Å². The molecule has 3 aromatic rings. The first-order chi connectivity index (χ1) is 14.3. The third kappa shape index (κ3) is 4.02. The number of hydrogen-bond acceptors (Lipinski definition) is 5. The Morgan fingerprint density at radius 3 is 2.66 bits per heavy atom. The summed E-state index contributed by atoms with van der Waals surface area (Å²) in [4.78, 5) is 24.9. The molecule has 0 aliphatic carbocycles. The molecule has 0 N–H and O–H groups in total. The average Bonchev–Trinajstić information content (AvgIpc) is 3.55. The summed E-state index contributed by atoms with van der Waals surface area (Å²) in [7, 11) is 0. The van der Waals surface area contributed by atoms with Crippen molar-refractivity contribution in [1.29, 1.82) is 0 Å². The van der Waals surface area contributed by atoms with Crippen molar-refractivity contribution >= 4 is 28.6 Å². The van der Waals surface area contributed by atoms with Crippen molar-refractivity contribution < 1.29 is 4.79 Å². The summed E-state index contributed by atoms with van der Waals surface area (Å²) in [5.41, 5.74) is 2.09. The van der Waals surface area contributed by atoms with Gasteiger partial charge in [0.05, 0.1) is 17.0 Å². The van der Waals surface area contributed by atoms with Crippen molar-refractivity contribution in [1.82, 2.24) is 14.8 Å². The van der Waals surface area contributed by atoms with Crippen LogP contribution >= 0.6 is 22.7 Å². The van der Waals surface area contributed by atoms with Gasteiger partial charge in [-0.2, -0.15) is 0 Å². The third-order valence-electron chi connectivity index (χ3n) is 5.96. The van der Waals surface area contributed by atoms with E-state index in [-0.39, 0.29) is 5.91 Å². The van der Waals surface area contributed by atoms with Crippen LogP contribution in [0, 0.1) is 0 Å². The largest absolute Gasteiger partial charge is 0.341 e. The lowest BCUT2D eigenvalue weighted by atomic mass is 10.2. The highest BCUT2D eigenvalue weighted by molar-refractivity contribution is 7.17. The second-order valence-electron chi connectivity index (χ2n) is 7.84. The molecule has 2 saturated heterocycles. The zero-order chi connectivity index (χ0) is 19.6. The highest BCUT2D eigenvalue weighted by atomic mass is 32.1. The summed E-state index contributed by atoms with van der Waals surface area (Å²) in [6.07, 6.45) is 4.17. The fourth-order valence-electron chi connectivity index (χ4n) is 4.40. The lowest BCUT2D eigenvalue weighted by Gasteiger charge is -2.23. The Morgan fingerprint density at radius 1 is 1.07 bits per heavy atom. The number of likely N-dealkylation sites (tertiary alicyclic amines) is 2. The number of hydrogen-bond donors (Lipinski definition) is 0. The van der Waals surface area contributed by atoms with E-state index in [1.165, 1.54) is 25.9 Å². The van der Waals surface area contributed by atoms with E-state index in [4.69, 9.17) is 4.98 Å². The quantitative estimate of drug-likeness (QED) is 0.593. The summed E-state index contributed by atoms with van der Waals surface area (Å²) in [6.45, 7) is 4.17. The normalized spacial score (nSPS) is 19.9. The Kier molecular flexibility index (Phi) is 5.48. The fraction of sp³-hybridized carbons (Fsp3) is 0.391. The van der Waals surface area contributed by atoms with E-state index in [1.807, 2.05) is 24.3 Å². The van der Waals surface area contributed by atoms with Crippen molar-refractivity contribution in [2.75, 3.05) is 26.2 Å². The zero-order valence-corrected chi connectivity index (χ0v) is 18.1. The molecule has 150 valence electrons. The molecule has 2 aliphatic heterocycles. The molecule has 1 atom stereocenters. The first-order valence-electron chi connectivity index (χ1n) is 10.4. The molecule has 4 nitrogen and oxygen atoms in total. The van der Waals surface area contributed by atoms with Gasteiger partial charge in [0.15, 0.2) is 0 Å². The molecule has 5 rings (SSSR count). The molecule has 29 heavy (non-hydrogen) atoms. The molecule has 1 aromatic carbocycles. The first kappa shape index (κ1) is 19.0. The van der Waals surface area contributed by atoms with Gasteiger partial charge < -0.3 is 4.90 Å². The summed E-state index contributed by atoms with van der Waals surface area (Å²) in [5, 5.41) is 3.07. The third-order valence-corrected chi connectivity index (χ3v) is 7.94. The van der Waals surface area contributed by atoms with Crippen LogP contribution in [-0.2, 0) is 11.2 Å². The van der Waals surface area contributed by atoms with Crippen molar-refractivity contribution in [3.8, 4) is 21.1 Å². The monoisotopic (exact) mass is 423 g/mol. The predicted molar refractivity (Wildman–Crippen MR) is 120 cm³/mol. The maximum absolute atomic E-state index is 13.1. The number of rotatable bonds is 5. The average molecular weight is 424 g/mol. The minimum Gasteiger partial charge on any atom is -0.341 e. The lowest BCUT2D eigenvalue weighted by molar-refractivity contribution is -0.129. The van der Waals surface area contributed by atoms with Gasteiger partial charge in [0, 0.05) is 29.6 Å². The molecular weight excluding hydrogens is 398 g/mol. The maximum Gasteiger partial charge on any atom is 0.227 e. The first-order valence-corrected chi connectivity index (χ1v) is 12.1. The van der Waals surface area contributed by atoms with Crippen LogP contribution in [0.2, 0.25) is 0 Å². The van der Waals surface area contributed by atoms with Gasteiger partial charge in [-0.05, 0) is 43.8 Å². The molecule has 4 heterocycles. The maximum atomic E-state index is 13.1. The second-order valence-corrected chi connectivity index (χ2v) is 9.87. The van der Waals surface area contributed by atoms with E-state index in [2.05, 4.69) is 33.4 Å².